The monoisotopic (exact) mass is 370 g/mol. The zero-order valence-electron chi connectivity index (χ0n) is 16.3. The molecule has 1 N–H and O–H groups in total. The van der Waals surface area contributed by atoms with Gasteiger partial charge in [-0.15, -0.1) is 21.5 Å². The molecule has 0 amide bonds. The molecular formula is C21H26N2O2S. The first-order valence-corrected chi connectivity index (χ1v) is 9.89. The number of aryl methyl sites for hydroxylation is 3. The largest absolute Gasteiger partial charge is 0.507 e. The van der Waals surface area contributed by atoms with Gasteiger partial charge in [0.05, 0.1) is 4.88 Å². The molecule has 138 valence electrons. The van der Waals surface area contributed by atoms with Gasteiger partial charge < -0.3 is 9.52 Å². The maximum absolute atomic E-state index is 10.1. The van der Waals surface area contributed by atoms with E-state index in [1.165, 1.54) is 16.0 Å². The van der Waals surface area contributed by atoms with E-state index in [0.29, 0.717) is 23.4 Å². The molecule has 0 saturated heterocycles. The van der Waals surface area contributed by atoms with Crippen LogP contribution >= 0.6 is 11.3 Å². The number of aromatic hydroxyl groups is 1. The highest BCUT2D eigenvalue weighted by atomic mass is 32.1. The molecule has 0 fully saturated rings. The van der Waals surface area contributed by atoms with Crippen LogP contribution in [0.4, 0.5) is 0 Å². The molecule has 0 radical (unpaired) electrons. The molecule has 0 saturated carbocycles. The van der Waals surface area contributed by atoms with Gasteiger partial charge in [0, 0.05) is 10.4 Å². The first-order chi connectivity index (χ1) is 12.3. The lowest BCUT2D eigenvalue weighted by Crippen LogP contribution is -1.96. The molecule has 1 aromatic carbocycles. The smallest absolute Gasteiger partial charge is 0.258 e. The molecule has 0 unspecified atom stereocenters. The Hall–Kier alpha value is -2.14. The van der Waals surface area contributed by atoms with Crippen LogP contribution in [0, 0.1) is 26.7 Å². The number of benzene rings is 1. The topological polar surface area (TPSA) is 59.2 Å². The van der Waals surface area contributed by atoms with Crippen LogP contribution in [0.5, 0.6) is 5.75 Å². The van der Waals surface area contributed by atoms with E-state index in [0.717, 1.165) is 34.4 Å². The Labute approximate surface area is 158 Å². The van der Waals surface area contributed by atoms with E-state index in [1.807, 2.05) is 26.0 Å². The summed E-state index contributed by atoms with van der Waals surface area (Å²) in [6.07, 6.45) is 1.81. The summed E-state index contributed by atoms with van der Waals surface area (Å²) in [5.74, 6) is 2.03. The molecule has 0 spiro atoms. The molecule has 26 heavy (non-hydrogen) atoms. The molecule has 2 aromatic heterocycles. The second-order valence-electron chi connectivity index (χ2n) is 7.26. The predicted molar refractivity (Wildman–Crippen MR) is 107 cm³/mol. The maximum atomic E-state index is 10.1. The van der Waals surface area contributed by atoms with Crippen molar-refractivity contribution in [3.8, 4) is 28.0 Å². The summed E-state index contributed by atoms with van der Waals surface area (Å²) in [6, 6.07) is 3.82. The fourth-order valence-corrected chi connectivity index (χ4v) is 4.39. The van der Waals surface area contributed by atoms with Crippen LogP contribution in [0.25, 0.3) is 22.2 Å². The van der Waals surface area contributed by atoms with Gasteiger partial charge in [-0.3, -0.25) is 0 Å². The summed E-state index contributed by atoms with van der Waals surface area (Å²) in [5, 5.41) is 18.7. The minimum absolute atomic E-state index is 0.346. The van der Waals surface area contributed by atoms with E-state index < -0.39 is 0 Å². The average molecular weight is 371 g/mol. The van der Waals surface area contributed by atoms with Crippen molar-refractivity contribution in [3.05, 3.63) is 39.3 Å². The van der Waals surface area contributed by atoms with Crippen LogP contribution in [-0.4, -0.2) is 15.3 Å². The highest BCUT2D eigenvalue weighted by Gasteiger charge is 2.20. The zero-order valence-corrected chi connectivity index (χ0v) is 17.1. The van der Waals surface area contributed by atoms with E-state index in [9.17, 15) is 5.11 Å². The van der Waals surface area contributed by atoms with Gasteiger partial charge in [-0.05, 0) is 73.9 Å². The van der Waals surface area contributed by atoms with Crippen LogP contribution in [0.15, 0.2) is 16.5 Å². The minimum atomic E-state index is 0.346. The third-order valence-electron chi connectivity index (χ3n) is 4.71. The summed E-state index contributed by atoms with van der Waals surface area (Å²) >= 11 is 1.72. The Balaban J connectivity index is 2.00. The summed E-state index contributed by atoms with van der Waals surface area (Å²) in [7, 11) is 0. The van der Waals surface area contributed by atoms with Gasteiger partial charge in [0.15, 0.2) is 0 Å². The number of rotatable bonds is 5. The molecule has 0 aliphatic rings. The van der Waals surface area contributed by atoms with Crippen LogP contribution in [-0.2, 0) is 12.8 Å². The third-order valence-corrected chi connectivity index (χ3v) is 5.95. The van der Waals surface area contributed by atoms with Crippen molar-refractivity contribution in [1.82, 2.24) is 10.2 Å². The maximum Gasteiger partial charge on any atom is 0.258 e. The van der Waals surface area contributed by atoms with Crippen molar-refractivity contribution in [1.29, 1.82) is 0 Å². The summed E-state index contributed by atoms with van der Waals surface area (Å²) in [5.41, 5.74) is 5.20. The van der Waals surface area contributed by atoms with Gasteiger partial charge in [-0.1, -0.05) is 20.8 Å². The number of phenolic OH excluding ortho intramolecular Hbond substituents is 1. The SMILES string of the molecule is CCc1cc(-c2nnc(-c3sc(C)c(CC(C)C)c3C)o2)cc(C)c1O. The molecule has 0 atom stereocenters. The Morgan fingerprint density at radius 2 is 1.81 bits per heavy atom. The fourth-order valence-electron chi connectivity index (χ4n) is 3.28. The summed E-state index contributed by atoms with van der Waals surface area (Å²) in [6.45, 7) is 12.7. The van der Waals surface area contributed by atoms with Crippen molar-refractivity contribution in [2.45, 2.75) is 54.4 Å². The van der Waals surface area contributed by atoms with E-state index in [-0.39, 0.29) is 0 Å². The van der Waals surface area contributed by atoms with E-state index in [1.54, 1.807) is 11.3 Å². The van der Waals surface area contributed by atoms with Crippen LogP contribution < -0.4 is 0 Å². The Morgan fingerprint density at radius 3 is 2.46 bits per heavy atom. The van der Waals surface area contributed by atoms with E-state index in [4.69, 9.17) is 4.42 Å². The molecule has 2 heterocycles. The normalized spacial score (nSPS) is 11.5. The van der Waals surface area contributed by atoms with Gasteiger partial charge in [0.25, 0.3) is 5.89 Å². The van der Waals surface area contributed by atoms with Crippen molar-refractivity contribution < 1.29 is 9.52 Å². The lowest BCUT2D eigenvalue weighted by Gasteiger charge is -2.07. The third kappa shape index (κ3) is 3.40. The Bertz CT molecular complexity index is 938. The van der Waals surface area contributed by atoms with Gasteiger partial charge in [0.2, 0.25) is 5.89 Å². The Kier molecular flexibility index (Phi) is 5.19. The lowest BCUT2D eigenvalue weighted by molar-refractivity contribution is 0.464. The average Bonchev–Trinajstić information content (AvgIpc) is 3.17. The molecule has 0 aliphatic heterocycles. The van der Waals surface area contributed by atoms with Crippen molar-refractivity contribution >= 4 is 11.3 Å². The zero-order chi connectivity index (χ0) is 19.0. The molecule has 4 nitrogen and oxygen atoms in total. The van der Waals surface area contributed by atoms with Gasteiger partial charge in [0.1, 0.15) is 5.75 Å². The number of aromatic nitrogens is 2. The molecule has 0 bridgehead atoms. The highest BCUT2D eigenvalue weighted by molar-refractivity contribution is 7.15. The first kappa shape index (κ1) is 18.6. The highest BCUT2D eigenvalue weighted by Crippen LogP contribution is 2.38. The summed E-state index contributed by atoms with van der Waals surface area (Å²) < 4.78 is 6.01. The molecule has 5 heteroatoms. The van der Waals surface area contributed by atoms with E-state index >= 15 is 0 Å². The van der Waals surface area contributed by atoms with Gasteiger partial charge in [-0.25, -0.2) is 0 Å². The minimum Gasteiger partial charge on any atom is -0.507 e. The Morgan fingerprint density at radius 1 is 1.12 bits per heavy atom. The van der Waals surface area contributed by atoms with E-state index in [2.05, 4.69) is 37.9 Å². The first-order valence-electron chi connectivity index (χ1n) is 9.07. The molecule has 0 aliphatic carbocycles. The molecule has 3 rings (SSSR count). The van der Waals surface area contributed by atoms with Gasteiger partial charge >= 0.3 is 0 Å². The number of hydrogen-bond donors (Lipinski definition) is 1. The van der Waals surface area contributed by atoms with Crippen molar-refractivity contribution in [3.63, 3.8) is 0 Å². The van der Waals surface area contributed by atoms with Crippen molar-refractivity contribution in [2.75, 3.05) is 0 Å². The van der Waals surface area contributed by atoms with Crippen molar-refractivity contribution in [2.24, 2.45) is 5.92 Å². The standard InChI is InChI=1S/C21H26N2O2S/c1-7-15-10-16(9-12(4)18(15)24)20-22-23-21(25-20)19-13(5)17(8-11(2)3)14(6)26-19/h9-11,24H,7-8H2,1-6H3. The number of thiophene rings is 1. The van der Waals surface area contributed by atoms with Gasteiger partial charge in [-0.2, -0.15) is 0 Å². The second kappa shape index (κ2) is 7.23. The molecular weight excluding hydrogens is 344 g/mol. The van der Waals surface area contributed by atoms with Crippen LogP contribution in [0.2, 0.25) is 0 Å². The number of phenols is 1. The van der Waals surface area contributed by atoms with Crippen LogP contribution in [0.1, 0.15) is 47.9 Å². The quantitative estimate of drug-likeness (QED) is 0.611. The predicted octanol–water partition coefficient (Wildman–Crippen LogP) is 5.86. The second-order valence-corrected chi connectivity index (χ2v) is 8.48. The number of nitrogens with zero attached hydrogens (tertiary/aromatic N) is 2. The van der Waals surface area contributed by atoms with Crippen LogP contribution in [0.3, 0.4) is 0 Å². The number of hydrogen-bond acceptors (Lipinski definition) is 5. The fraction of sp³-hybridized carbons (Fsp3) is 0.429. The summed E-state index contributed by atoms with van der Waals surface area (Å²) in [4.78, 5) is 2.38. The molecule has 3 aromatic rings. The lowest BCUT2D eigenvalue weighted by atomic mass is 9.99.